The van der Waals surface area contributed by atoms with Gasteiger partial charge in [-0.05, 0) is 38.1 Å². The molecule has 0 fully saturated rings. The Hall–Kier alpha value is -1.06. The summed E-state index contributed by atoms with van der Waals surface area (Å²) in [6.45, 7) is 8.48. The second kappa shape index (κ2) is 6.40. The molecule has 0 bridgehead atoms. The molecular formula is C15H22ClN3. The van der Waals surface area contributed by atoms with Crippen LogP contribution in [0, 0.1) is 0 Å². The predicted molar refractivity (Wildman–Crippen MR) is 81.9 cm³/mol. The van der Waals surface area contributed by atoms with E-state index in [2.05, 4.69) is 36.7 Å². The normalized spacial score (nSPS) is 11.6. The molecule has 0 unspecified atom stereocenters. The fraction of sp³-hybridized carbons (Fsp3) is 0.533. The Balaban J connectivity index is 2.13. The maximum Gasteiger partial charge on any atom is 0.109 e. The summed E-state index contributed by atoms with van der Waals surface area (Å²) in [5.41, 5.74) is 2.18. The number of halogens is 1. The number of fused-ring (bicyclic) bond motifs is 1. The Bertz CT molecular complexity index is 546. The van der Waals surface area contributed by atoms with E-state index in [0.717, 1.165) is 42.3 Å². The first-order valence-electron chi connectivity index (χ1n) is 7.00. The van der Waals surface area contributed by atoms with Gasteiger partial charge in [-0.1, -0.05) is 25.4 Å². The summed E-state index contributed by atoms with van der Waals surface area (Å²) in [4.78, 5) is 4.71. The molecule has 4 heteroatoms. The minimum absolute atomic E-state index is 0.545. The second-order valence-corrected chi connectivity index (χ2v) is 5.55. The number of benzene rings is 1. The quantitative estimate of drug-likeness (QED) is 0.818. The molecule has 1 N–H and O–H groups in total. The van der Waals surface area contributed by atoms with Crippen molar-refractivity contribution in [2.75, 3.05) is 6.54 Å². The molecule has 2 aromatic rings. The summed E-state index contributed by atoms with van der Waals surface area (Å²) in [6, 6.07) is 6.48. The van der Waals surface area contributed by atoms with Gasteiger partial charge in [0.2, 0.25) is 0 Å². The Morgan fingerprint density at radius 2 is 2.16 bits per heavy atom. The van der Waals surface area contributed by atoms with Gasteiger partial charge in [0.15, 0.2) is 0 Å². The van der Waals surface area contributed by atoms with Crippen LogP contribution in [0.2, 0.25) is 5.02 Å². The zero-order chi connectivity index (χ0) is 13.8. The van der Waals surface area contributed by atoms with Crippen molar-refractivity contribution in [2.45, 2.75) is 46.2 Å². The third-order valence-electron chi connectivity index (χ3n) is 3.24. The van der Waals surface area contributed by atoms with E-state index in [0.29, 0.717) is 6.04 Å². The molecule has 0 saturated heterocycles. The van der Waals surface area contributed by atoms with Crippen molar-refractivity contribution >= 4 is 22.6 Å². The van der Waals surface area contributed by atoms with Crippen LogP contribution >= 0.6 is 11.6 Å². The number of aryl methyl sites for hydroxylation is 2. The maximum absolute atomic E-state index is 6.03. The molecule has 0 radical (unpaired) electrons. The lowest BCUT2D eigenvalue weighted by Crippen LogP contribution is -2.24. The molecule has 19 heavy (non-hydrogen) atoms. The van der Waals surface area contributed by atoms with E-state index >= 15 is 0 Å². The molecule has 1 aromatic carbocycles. The highest BCUT2D eigenvalue weighted by Crippen LogP contribution is 2.21. The van der Waals surface area contributed by atoms with Crippen LogP contribution in [0.3, 0.4) is 0 Å². The van der Waals surface area contributed by atoms with Crippen LogP contribution in [0.1, 0.15) is 33.0 Å². The summed E-state index contributed by atoms with van der Waals surface area (Å²) in [5, 5.41) is 4.19. The van der Waals surface area contributed by atoms with Crippen LogP contribution in [-0.2, 0) is 13.0 Å². The van der Waals surface area contributed by atoms with Crippen LogP contribution in [0.15, 0.2) is 18.2 Å². The molecular weight excluding hydrogens is 258 g/mol. The lowest BCUT2D eigenvalue weighted by Gasteiger charge is -2.08. The van der Waals surface area contributed by atoms with Crippen molar-refractivity contribution in [1.29, 1.82) is 0 Å². The Morgan fingerprint density at radius 3 is 2.84 bits per heavy atom. The zero-order valence-electron chi connectivity index (χ0n) is 11.9. The molecule has 0 amide bonds. The first-order chi connectivity index (χ1) is 9.11. The molecule has 0 spiro atoms. The van der Waals surface area contributed by atoms with Crippen LogP contribution in [-0.4, -0.2) is 22.1 Å². The molecule has 0 atom stereocenters. The molecule has 3 nitrogen and oxygen atoms in total. The van der Waals surface area contributed by atoms with E-state index in [1.165, 1.54) is 5.52 Å². The van der Waals surface area contributed by atoms with Gasteiger partial charge < -0.3 is 9.88 Å². The fourth-order valence-electron chi connectivity index (χ4n) is 2.33. The van der Waals surface area contributed by atoms with Crippen LogP contribution in [0.5, 0.6) is 0 Å². The Kier molecular flexibility index (Phi) is 4.83. The average molecular weight is 280 g/mol. The minimum Gasteiger partial charge on any atom is -0.328 e. The fourth-order valence-corrected chi connectivity index (χ4v) is 2.50. The standard InChI is InChI=1S/C15H22ClN3/c1-4-19-14-8-7-12(16)10-13(14)18-15(19)6-5-9-17-11(2)3/h7-8,10-11,17H,4-6,9H2,1-3H3. The number of rotatable bonds is 6. The molecule has 1 aromatic heterocycles. The Morgan fingerprint density at radius 1 is 1.37 bits per heavy atom. The van der Waals surface area contributed by atoms with Gasteiger partial charge in [0, 0.05) is 24.0 Å². The lowest BCUT2D eigenvalue weighted by molar-refractivity contribution is 0.560. The molecule has 0 aliphatic carbocycles. The third kappa shape index (κ3) is 3.48. The topological polar surface area (TPSA) is 29.9 Å². The molecule has 0 aliphatic rings. The Labute approximate surface area is 120 Å². The van der Waals surface area contributed by atoms with Gasteiger partial charge in [-0.2, -0.15) is 0 Å². The number of imidazole rings is 1. The molecule has 2 rings (SSSR count). The smallest absolute Gasteiger partial charge is 0.109 e. The number of hydrogen-bond donors (Lipinski definition) is 1. The van der Waals surface area contributed by atoms with Gasteiger partial charge in [0.1, 0.15) is 5.82 Å². The van der Waals surface area contributed by atoms with Gasteiger partial charge in [-0.3, -0.25) is 0 Å². The van der Waals surface area contributed by atoms with E-state index < -0.39 is 0 Å². The van der Waals surface area contributed by atoms with E-state index in [-0.39, 0.29) is 0 Å². The highest BCUT2D eigenvalue weighted by molar-refractivity contribution is 6.31. The van der Waals surface area contributed by atoms with Gasteiger partial charge >= 0.3 is 0 Å². The van der Waals surface area contributed by atoms with E-state index in [4.69, 9.17) is 16.6 Å². The average Bonchev–Trinajstić information content (AvgIpc) is 2.70. The summed E-state index contributed by atoms with van der Waals surface area (Å²) in [7, 11) is 0. The minimum atomic E-state index is 0.545. The van der Waals surface area contributed by atoms with Crippen molar-refractivity contribution < 1.29 is 0 Å². The third-order valence-corrected chi connectivity index (χ3v) is 3.47. The zero-order valence-corrected chi connectivity index (χ0v) is 12.7. The first-order valence-corrected chi connectivity index (χ1v) is 7.37. The van der Waals surface area contributed by atoms with Crippen LogP contribution in [0.4, 0.5) is 0 Å². The molecule has 104 valence electrons. The van der Waals surface area contributed by atoms with E-state index in [1.807, 2.05) is 12.1 Å². The summed E-state index contributed by atoms with van der Waals surface area (Å²) >= 11 is 6.03. The second-order valence-electron chi connectivity index (χ2n) is 5.12. The van der Waals surface area contributed by atoms with Gasteiger partial charge in [0.25, 0.3) is 0 Å². The van der Waals surface area contributed by atoms with Gasteiger partial charge in [-0.25, -0.2) is 4.98 Å². The first kappa shape index (κ1) is 14.4. The monoisotopic (exact) mass is 279 g/mol. The summed E-state index contributed by atoms with van der Waals surface area (Å²) in [6.07, 6.45) is 2.11. The van der Waals surface area contributed by atoms with Gasteiger partial charge in [0.05, 0.1) is 11.0 Å². The van der Waals surface area contributed by atoms with Crippen LogP contribution in [0.25, 0.3) is 11.0 Å². The highest BCUT2D eigenvalue weighted by Gasteiger charge is 2.09. The number of nitrogens with zero attached hydrogens (tertiary/aromatic N) is 2. The molecule has 1 heterocycles. The summed E-state index contributed by atoms with van der Waals surface area (Å²) in [5.74, 6) is 1.16. The molecule has 0 aliphatic heterocycles. The number of aromatic nitrogens is 2. The summed E-state index contributed by atoms with van der Waals surface area (Å²) < 4.78 is 2.28. The van der Waals surface area contributed by atoms with Crippen molar-refractivity contribution in [1.82, 2.24) is 14.9 Å². The highest BCUT2D eigenvalue weighted by atomic mass is 35.5. The van der Waals surface area contributed by atoms with Gasteiger partial charge in [-0.15, -0.1) is 0 Å². The lowest BCUT2D eigenvalue weighted by atomic mass is 10.2. The molecule has 0 saturated carbocycles. The van der Waals surface area contributed by atoms with E-state index in [1.54, 1.807) is 0 Å². The van der Waals surface area contributed by atoms with Crippen molar-refractivity contribution in [3.63, 3.8) is 0 Å². The largest absolute Gasteiger partial charge is 0.328 e. The number of nitrogens with one attached hydrogen (secondary N) is 1. The SMILES string of the molecule is CCn1c(CCCNC(C)C)nc2cc(Cl)ccc21. The van der Waals surface area contributed by atoms with Crippen LogP contribution < -0.4 is 5.32 Å². The van der Waals surface area contributed by atoms with Crippen molar-refractivity contribution in [3.05, 3.63) is 29.0 Å². The van der Waals surface area contributed by atoms with E-state index in [9.17, 15) is 0 Å². The van der Waals surface area contributed by atoms with Crippen molar-refractivity contribution in [3.8, 4) is 0 Å². The number of hydrogen-bond acceptors (Lipinski definition) is 2. The maximum atomic E-state index is 6.03. The van der Waals surface area contributed by atoms with Crippen molar-refractivity contribution in [2.24, 2.45) is 0 Å². The predicted octanol–water partition coefficient (Wildman–Crippen LogP) is 3.64.